The van der Waals surface area contributed by atoms with Crippen molar-refractivity contribution >= 4 is 39.7 Å². The van der Waals surface area contributed by atoms with E-state index in [2.05, 4.69) is 4.98 Å². The SMILES string of the molecule is Cc1ccc(C(=O)Cn2cnc(C)c(I)c2=O)s1. The lowest BCUT2D eigenvalue weighted by atomic mass is 10.3. The first kappa shape index (κ1) is 13.4. The third kappa shape index (κ3) is 2.69. The predicted octanol–water partition coefficient (Wildman–Crippen LogP) is 2.41. The minimum atomic E-state index is -0.162. The fourth-order valence-corrected chi connectivity index (χ4v) is 2.72. The van der Waals surface area contributed by atoms with Gasteiger partial charge in [0.15, 0.2) is 5.78 Å². The molecule has 0 radical (unpaired) electrons. The van der Waals surface area contributed by atoms with Crippen molar-refractivity contribution in [2.45, 2.75) is 20.4 Å². The van der Waals surface area contributed by atoms with Crippen molar-refractivity contribution in [3.05, 3.63) is 47.8 Å². The number of thiophene rings is 1. The monoisotopic (exact) mass is 374 g/mol. The van der Waals surface area contributed by atoms with Gasteiger partial charge in [-0.05, 0) is 48.6 Å². The average Bonchev–Trinajstić information content (AvgIpc) is 2.77. The number of rotatable bonds is 3. The van der Waals surface area contributed by atoms with Gasteiger partial charge < -0.3 is 0 Å². The number of Topliss-reactive ketones (excluding diaryl/α,β-unsaturated/α-hetero) is 1. The summed E-state index contributed by atoms with van der Waals surface area (Å²) in [5.41, 5.74) is 0.529. The van der Waals surface area contributed by atoms with E-state index in [9.17, 15) is 9.59 Å². The molecule has 2 heterocycles. The molecule has 0 amide bonds. The molecule has 0 unspecified atom stereocenters. The lowest BCUT2D eigenvalue weighted by molar-refractivity contribution is 0.0974. The molecule has 2 rings (SSSR count). The van der Waals surface area contributed by atoms with Crippen LogP contribution in [0.5, 0.6) is 0 Å². The third-order valence-corrected chi connectivity index (χ3v) is 4.77. The number of carbonyl (C=O) groups is 1. The van der Waals surface area contributed by atoms with Crippen LogP contribution in [0.1, 0.15) is 20.2 Å². The van der Waals surface area contributed by atoms with Crippen LogP contribution in [0.4, 0.5) is 0 Å². The molecule has 0 aliphatic carbocycles. The predicted molar refractivity (Wildman–Crippen MR) is 79.3 cm³/mol. The number of hydrogen-bond acceptors (Lipinski definition) is 4. The zero-order chi connectivity index (χ0) is 13.3. The number of ketones is 1. The van der Waals surface area contributed by atoms with Gasteiger partial charge in [-0.1, -0.05) is 0 Å². The molecule has 0 aliphatic rings. The lowest BCUT2D eigenvalue weighted by Gasteiger charge is -2.05. The van der Waals surface area contributed by atoms with E-state index in [1.807, 2.05) is 35.6 Å². The number of aryl methyl sites for hydroxylation is 2. The van der Waals surface area contributed by atoms with Crippen molar-refractivity contribution in [2.24, 2.45) is 0 Å². The second-order valence-electron chi connectivity index (χ2n) is 3.91. The summed E-state index contributed by atoms with van der Waals surface area (Å²) in [4.78, 5) is 29.8. The van der Waals surface area contributed by atoms with E-state index in [0.29, 0.717) is 14.1 Å². The fourth-order valence-electron chi connectivity index (χ4n) is 1.48. The van der Waals surface area contributed by atoms with Crippen LogP contribution < -0.4 is 5.56 Å². The number of carbonyl (C=O) groups excluding carboxylic acids is 1. The lowest BCUT2D eigenvalue weighted by Crippen LogP contribution is -2.27. The molecule has 0 saturated carbocycles. The quantitative estimate of drug-likeness (QED) is 0.613. The molecule has 0 saturated heterocycles. The van der Waals surface area contributed by atoms with E-state index in [0.717, 1.165) is 4.88 Å². The second kappa shape index (κ2) is 5.31. The van der Waals surface area contributed by atoms with Gasteiger partial charge in [-0.25, -0.2) is 4.98 Å². The Morgan fingerprint density at radius 3 is 2.78 bits per heavy atom. The summed E-state index contributed by atoms with van der Waals surface area (Å²) in [6.07, 6.45) is 1.43. The highest BCUT2D eigenvalue weighted by Gasteiger charge is 2.12. The highest BCUT2D eigenvalue weighted by Crippen LogP contribution is 2.16. The second-order valence-corrected chi connectivity index (χ2v) is 6.28. The number of aromatic nitrogens is 2. The first-order valence-electron chi connectivity index (χ1n) is 5.30. The summed E-state index contributed by atoms with van der Waals surface area (Å²) in [7, 11) is 0. The molecule has 2 aromatic heterocycles. The molecule has 0 aliphatic heterocycles. The van der Waals surface area contributed by atoms with Crippen LogP contribution in [-0.2, 0) is 6.54 Å². The van der Waals surface area contributed by atoms with Crippen LogP contribution in [0, 0.1) is 17.4 Å². The summed E-state index contributed by atoms with van der Waals surface area (Å²) in [6.45, 7) is 3.77. The molecule has 0 spiro atoms. The Morgan fingerprint density at radius 1 is 1.44 bits per heavy atom. The summed E-state index contributed by atoms with van der Waals surface area (Å²) >= 11 is 3.40. The summed E-state index contributed by atoms with van der Waals surface area (Å²) < 4.78 is 1.91. The molecular weight excluding hydrogens is 363 g/mol. The molecule has 0 fully saturated rings. The van der Waals surface area contributed by atoms with Crippen LogP contribution in [0.3, 0.4) is 0 Å². The Balaban J connectivity index is 2.28. The zero-order valence-corrected chi connectivity index (χ0v) is 12.9. The maximum Gasteiger partial charge on any atom is 0.267 e. The Morgan fingerprint density at radius 2 is 2.17 bits per heavy atom. The van der Waals surface area contributed by atoms with Crippen LogP contribution in [0.25, 0.3) is 0 Å². The molecule has 18 heavy (non-hydrogen) atoms. The Kier molecular flexibility index (Phi) is 3.96. The van der Waals surface area contributed by atoms with E-state index < -0.39 is 0 Å². The number of hydrogen-bond donors (Lipinski definition) is 0. The van der Waals surface area contributed by atoms with Crippen molar-refractivity contribution in [2.75, 3.05) is 0 Å². The Hall–Kier alpha value is -1.02. The third-order valence-electron chi connectivity index (χ3n) is 2.49. The molecule has 2 aromatic rings. The highest BCUT2D eigenvalue weighted by molar-refractivity contribution is 14.1. The van der Waals surface area contributed by atoms with Crippen molar-refractivity contribution in [1.29, 1.82) is 0 Å². The highest BCUT2D eigenvalue weighted by atomic mass is 127. The van der Waals surface area contributed by atoms with Crippen LogP contribution in [0.15, 0.2) is 23.3 Å². The largest absolute Gasteiger partial charge is 0.291 e. The van der Waals surface area contributed by atoms with Crippen molar-refractivity contribution in [3.8, 4) is 0 Å². The van der Waals surface area contributed by atoms with Crippen molar-refractivity contribution in [1.82, 2.24) is 9.55 Å². The molecule has 0 N–H and O–H groups in total. The molecular formula is C12H11IN2O2S. The maximum absolute atomic E-state index is 12.0. The van der Waals surface area contributed by atoms with Gasteiger partial charge in [-0.3, -0.25) is 14.2 Å². The molecule has 94 valence electrons. The molecule has 6 heteroatoms. The minimum absolute atomic E-state index is 0.0437. The molecule has 0 aromatic carbocycles. The average molecular weight is 374 g/mol. The van der Waals surface area contributed by atoms with Gasteiger partial charge >= 0.3 is 0 Å². The summed E-state index contributed by atoms with van der Waals surface area (Å²) in [5.74, 6) is -0.0587. The minimum Gasteiger partial charge on any atom is -0.291 e. The molecule has 4 nitrogen and oxygen atoms in total. The van der Waals surface area contributed by atoms with Gasteiger partial charge in [0.05, 0.1) is 27.0 Å². The Labute approximate surface area is 122 Å². The van der Waals surface area contributed by atoms with Gasteiger partial charge in [0.1, 0.15) is 0 Å². The van der Waals surface area contributed by atoms with E-state index >= 15 is 0 Å². The Bertz CT molecular complexity index is 660. The van der Waals surface area contributed by atoms with E-state index in [1.54, 1.807) is 13.0 Å². The van der Waals surface area contributed by atoms with Gasteiger partial charge in [-0.2, -0.15) is 0 Å². The maximum atomic E-state index is 12.0. The van der Waals surface area contributed by atoms with Crippen LogP contribution in [-0.4, -0.2) is 15.3 Å². The van der Waals surface area contributed by atoms with Gasteiger partial charge in [0.25, 0.3) is 5.56 Å². The van der Waals surface area contributed by atoms with Gasteiger partial charge in [0, 0.05) is 4.88 Å². The molecule has 0 bridgehead atoms. The van der Waals surface area contributed by atoms with Gasteiger partial charge in [0.2, 0.25) is 0 Å². The topological polar surface area (TPSA) is 52.0 Å². The first-order chi connectivity index (χ1) is 8.49. The standard InChI is InChI=1S/C12H11IN2O2S/c1-7-3-4-10(18-7)9(16)5-15-6-14-8(2)11(13)12(15)17/h3-4,6H,5H2,1-2H3. The fraction of sp³-hybridized carbons (Fsp3) is 0.250. The summed E-state index contributed by atoms with van der Waals surface area (Å²) in [5, 5.41) is 0. The van der Waals surface area contributed by atoms with Crippen molar-refractivity contribution < 1.29 is 4.79 Å². The first-order valence-corrected chi connectivity index (χ1v) is 7.19. The van der Waals surface area contributed by atoms with E-state index in [4.69, 9.17) is 0 Å². The number of halogens is 1. The zero-order valence-electron chi connectivity index (χ0n) is 9.94. The molecule has 0 atom stereocenters. The van der Waals surface area contributed by atoms with E-state index in [1.165, 1.54) is 22.2 Å². The van der Waals surface area contributed by atoms with Crippen molar-refractivity contribution in [3.63, 3.8) is 0 Å². The van der Waals surface area contributed by atoms with Crippen LogP contribution in [0.2, 0.25) is 0 Å². The smallest absolute Gasteiger partial charge is 0.267 e. The van der Waals surface area contributed by atoms with E-state index in [-0.39, 0.29) is 17.9 Å². The normalized spacial score (nSPS) is 10.6. The summed E-state index contributed by atoms with van der Waals surface area (Å²) in [6, 6.07) is 3.69. The van der Waals surface area contributed by atoms with Crippen LogP contribution >= 0.6 is 33.9 Å². The van der Waals surface area contributed by atoms with Gasteiger partial charge in [-0.15, -0.1) is 11.3 Å². The number of nitrogens with zero attached hydrogens (tertiary/aromatic N) is 2.